The Morgan fingerprint density at radius 2 is 2.15 bits per heavy atom. The van der Waals surface area contributed by atoms with E-state index >= 15 is 0 Å². The van der Waals surface area contributed by atoms with Crippen LogP contribution < -0.4 is 4.90 Å². The molecule has 0 aliphatic heterocycles. The van der Waals surface area contributed by atoms with Gasteiger partial charge in [0.2, 0.25) is 0 Å². The molecule has 0 saturated carbocycles. The lowest BCUT2D eigenvalue weighted by atomic mass is 10.2. The fourth-order valence-corrected chi connectivity index (χ4v) is 2.33. The quantitative estimate of drug-likeness (QED) is 0.928. The second kappa shape index (κ2) is 5.92. The number of carboxylic acid groups (broad SMARTS) is 1. The van der Waals surface area contributed by atoms with E-state index in [9.17, 15) is 4.79 Å². The average molecular weight is 291 g/mol. The molecule has 20 heavy (non-hydrogen) atoms. The van der Waals surface area contributed by atoms with Crippen LogP contribution in [0, 0.1) is 6.92 Å². The van der Waals surface area contributed by atoms with Gasteiger partial charge in [-0.2, -0.15) is 0 Å². The first kappa shape index (κ1) is 14.3. The molecule has 0 radical (unpaired) electrons. The summed E-state index contributed by atoms with van der Waals surface area (Å²) in [5, 5.41) is 9.28. The fourth-order valence-electron chi connectivity index (χ4n) is 2.04. The molecule has 1 aromatic heterocycles. The number of aryl methyl sites for hydroxylation is 1. The first-order chi connectivity index (χ1) is 9.54. The lowest BCUT2D eigenvalue weighted by molar-refractivity contribution is 0.0697. The van der Waals surface area contributed by atoms with Crippen LogP contribution in [0.3, 0.4) is 0 Å². The van der Waals surface area contributed by atoms with E-state index in [1.807, 2.05) is 43.0 Å². The number of hydrogen-bond donors (Lipinski definition) is 1. The first-order valence-corrected chi connectivity index (χ1v) is 6.64. The van der Waals surface area contributed by atoms with Gasteiger partial charge in [0, 0.05) is 18.4 Å². The van der Waals surface area contributed by atoms with Crippen molar-refractivity contribution in [2.24, 2.45) is 0 Å². The summed E-state index contributed by atoms with van der Waals surface area (Å²) in [6.07, 6.45) is 1.46. The number of carbonyl (C=O) groups is 1. The summed E-state index contributed by atoms with van der Waals surface area (Å²) >= 11 is 6.18. The maximum absolute atomic E-state index is 11.1. The highest BCUT2D eigenvalue weighted by atomic mass is 35.5. The van der Waals surface area contributed by atoms with Gasteiger partial charge in [0.1, 0.15) is 0 Å². The molecule has 5 heteroatoms. The molecule has 0 saturated heterocycles. The summed E-state index contributed by atoms with van der Waals surface area (Å²) in [6.45, 7) is 4.60. The number of carboxylic acids is 1. The lowest BCUT2D eigenvalue weighted by Crippen LogP contribution is -2.18. The molecule has 1 aromatic carbocycles. The Bertz CT molecular complexity index is 644. The van der Waals surface area contributed by atoms with Crippen LogP contribution in [0.4, 0.5) is 11.5 Å². The number of aromatic carboxylic acids is 1. The van der Waals surface area contributed by atoms with Crippen molar-refractivity contribution >= 4 is 29.1 Å². The summed E-state index contributed by atoms with van der Waals surface area (Å²) < 4.78 is 0. The average Bonchev–Trinajstić information content (AvgIpc) is 2.41. The van der Waals surface area contributed by atoms with Gasteiger partial charge in [-0.1, -0.05) is 23.7 Å². The minimum absolute atomic E-state index is 0.0581. The van der Waals surface area contributed by atoms with E-state index in [-0.39, 0.29) is 10.6 Å². The third-order valence-corrected chi connectivity index (χ3v) is 3.36. The summed E-state index contributed by atoms with van der Waals surface area (Å²) in [5.41, 5.74) is 2.11. The second-order valence-electron chi connectivity index (χ2n) is 4.38. The predicted molar refractivity (Wildman–Crippen MR) is 80.1 cm³/mol. The molecule has 1 N–H and O–H groups in total. The Labute approximate surface area is 122 Å². The zero-order valence-corrected chi connectivity index (χ0v) is 12.1. The lowest BCUT2D eigenvalue weighted by Gasteiger charge is -2.23. The van der Waals surface area contributed by atoms with Crippen LogP contribution in [0.2, 0.25) is 5.02 Å². The molecule has 0 amide bonds. The van der Waals surface area contributed by atoms with Gasteiger partial charge < -0.3 is 10.0 Å². The molecule has 104 valence electrons. The van der Waals surface area contributed by atoms with Gasteiger partial charge in [0.25, 0.3) is 0 Å². The number of nitrogens with zero attached hydrogens (tertiary/aromatic N) is 2. The molecular formula is C15H15ClN2O2. The van der Waals surface area contributed by atoms with Gasteiger partial charge >= 0.3 is 5.97 Å². The Kier molecular flexibility index (Phi) is 4.25. The van der Waals surface area contributed by atoms with Gasteiger partial charge in [-0.05, 0) is 37.6 Å². The van der Waals surface area contributed by atoms with Crippen molar-refractivity contribution in [3.63, 3.8) is 0 Å². The Hall–Kier alpha value is -2.07. The minimum Gasteiger partial charge on any atom is -0.478 e. The van der Waals surface area contributed by atoms with Crippen molar-refractivity contribution in [2.45, 2.75) is 13.8 Å². The highest BCUT2D eigenvalue weighted by Gasteiger charge is 2.18. The topological polar surface area (TPSA) is 53.4 Å². The molecule has 0 fully saturated rings. The molecule has 1 heterocycles. The van der Waals surface area contributed by atoms with Crippen molar-refractivity contribution in [3.8, 4) is 0 Å². The number of halogens is 1. The van der Waals surface area contributed by atoms with E-state index in [0.717, 1.165) is 11.3 Å². The maximum Gasteiger partial charge on any atom is 0.337 e. The summed E-state index contributed by atoms with van der Waals surface area (Å²) in [7, 11) is 0. The van der Waals surface area contributed by atoms with E-state index < -0.39 is 5.97 Å². The summed E-state index contributed by atoms with van der Waals surface area (Å²) in [4.78, 5) is 17.3. The maximum atomic E-state index is 11.1. The standard InChI is InChI=1S/C15H15ClN2O2/c1-3-18(11-6-4-5-10(2)9-11)14-13(16)12(15(19)20)7-8-17-14/h4-9H,3H2,1-2H3,(H,19,20). The molecular weight excluding hydrogens is 276 g/mol. The van der Waals surface area contributed by atoms with Gasteiger partial charge in [0.15, 0.2) is 5.82 Å². The van der Waals surface area contributed by atoms with E-state index in [2.05, 4.69) is 4.98 Å². The Balaban J connectivity index is 2.53. The van der Waals surface area contributed by atoms with Gasteiger partial charge in [-0.25, -0.2) is 9.78 Å². The van der Waals surface area contributed by atoms with E-state index in [0.29, 0.717) is 12.4 Å². The normalized spacial score (nSPS) is 10.3. The van der Waals surface area contributed by atoms with Crippen LogP contribution in [0.5, 0.6) is 0 Å². The number of aromatic nitrogens is 1. The Morgan fingerprint density at radius 1 is 1.40 bits per heavy atom. The largest absolute Gasteiger partial charge is 0.478 e. The first-order valence-electron chi connectivity index (χ1n) is 6.26. The monoisotopic (exact) mass is 290 g/mol. The van der Waals surface area contributed by atoms with Crippen molar-refractivity contribution in [3.05, 3.63) is 52.7 Å². The SMILES string of the molecule is CCN(c1cccc(C)c1)c1nccc(C(=O)O)c1Cl. The van der Waals surface area contributed by atoms with E-state index in [1.54, 1.807) is 0 Å². The van der Waals surface area contributed by atoms with E-state index in [1.165, 1.54) is 12.3 Å². The minimum atomic E-state index is -1.06. The molecule has 0 spiro atoms. The van der Waals surface area contributed by atoms with Crippen LogP contribution >= 0.6 is 11.6 Å². The molecule has 0 aliphatic rings. The number of rotatable bonds is 4. The van der Waals surface area contributed by atoms with E-state index in [4.69, 9.17) is 16.7 Å². The van der Waals surface area contributed by atoms with Crippen molar-refractivity contribution in [1.82, 2.24) is 4.98 Å². The summed E-state index contributed by atoms with van der Waals surface area (Å²) in [6, 6.07) is 9.30. The van der Waals surface area contributed by atoms with Crippen molar-refractivity contribution in [2.75, 3.05) is 11.4 Å². The molecule has 0 unspecified atom stereocenters. The third kappa shape index (κ3) is 2.75. The van der Waals surface area contributed by atoms with Crippen LogP contribution in [0.25, 0.3) is 0 Å². The smallest absolute Gasteiger partial charge is 0.337 e. The second-order valence-corrected chi connectivity index (χ2v) is 4.76. The number of pyridine rings is 1. The number of hydrogen-bond acceptors (Lipinski definition) is 3. The molecule has 0 atom stereocenters. The number of benzene rings is 1. The Morgan fingerprint density at radius 3 is 2.75 bits per heavy atom. The van der Waals surface area contributed by atoms with Gasteiger partial charge in [-0.3, -0.25) is 0 Å². The van der Waals surface area contributed by atoms with Crippen LogP contribution in [0.1, 0.15) is 22.8 Å². The molecule has 0 aliphatic carbocycles. The van der Waals surface area contributed by atoms with Crippen molar-refractivity contribution < 1.29 is 9.90 Å². The molecule has 2 aromatic rings. The van der Waals surface area contributed by atoms with Gasteiger partial charge in [-0.15, -0.1) is 0 Å². The van der Waals surface area contributed by atoms with Crippen LogP contribution in [0.15, 0.2) is 36.5 Å². The fraction of sp³-hybridized carbons (Fsp3) is 0.200. The molecule has 0 bridgehead atoms. The zero-order valence-electron chi connectivity index (χ0n) is 11.3. The molecule has 2 rings (SSSR count). The highest BCUT2D eigenvalue weighted by molar-refractivity contribution is 6.36. The third-order valence-electron chi connectivity index (χ3n) is 2.99. The van der Waals surface area contributed by atoms with Crippen LogP contribution in [-0.2, 0) is 0 Å². The molecule has 4 nitrogen and oxygen atoms in total. The van der Waals surface area contributed by atoms with Gasteiger partial charge in [0.05, 0.1) is 10.6 Å². The predicted octanol–water partition coefficient (Wildman–Crippen LogP) is 3.90. The summed E-state index contributed by atoms with van der Waals surface area (Å²) in [5.74, 6) is -0.599. The van der Waals surface area contributed by atoms with Crippen molar-refractivity contribution in [1.29, 1.82) is 0 Å². The zero-order chi connectivity index (χ0) is 14.7. The van der Waals surface area contributed by atoms with Crippen LogP contribution in [-0.4, -0.2) is 22.6 Å². The highest BCUT2D eigenvalue weighted by Crippen LogP contribution is 2.32. The number of anilines is 2.